The van der Waals surface area contributed by atoms with Crippen molar-refractivity contribution in [2.75, 3.05) is 0 Å². The molecule has 1 aliphatic carbocycles. The second-order valence-electron chi connectivity index (χ2n) is 2.98. The molecule has 1 aliphatic heterocycles. The summed E-state index contributed by atoms with van der Waals surface area (Å²) >= 11 is 2.36. The van der Waals surface area contributed by atoms with Gasteiger partial charge in [-0.05, 0) is 35.4 Å². The molecule has 2 rings (SSSR count). The zero-order chi connectivity index (χ0) is 7.68. The summed E-state index contributed by atoms with van der Waals surface area (Å²) in [7, 11) is 0. The number of aliphatic imine (C=N–C) groups is 1. The van der Waals surface area contributed by atoms with Gasteiger partial charge in [-0.15, -0.1) is 0 Å². The smallest absolute Gasteiger partial charge is 0.0823 e. The maximum Gasteiger partial charge on any atom is 0.0823 e. The third-order valence-electron chi connectivity index (χ3n) is 2.28. The molecule has 2 unspecified atom stereocenters. The van der Waals surface area contributed by atoms with Crippen LogP contribution in [0.15, 0.2) is 29.4 Å². The lowest BCUT2D eigenvalue weighted by molar-refractivity contribution is 0.528. The van der Waals surface area contributed by atoms with Gasteiger partial charge in [0.2, 0.25) is 0 Å². The summed E-state index contributed by atoms with van der Waals surface area (Å²) in [6.45, 7) is 0. The first kappa shape index (κ1) is 7.53. The zero-order valence-corrected chi connectivity index (χ0v) is 8.36. The molecule has 0 radical (unpaired) electrons. The van der Waals surface area contributed by atoms with Crippen LogP contribution < -0.4 is 0 Å². The number of allylic oxidation sites excluding steroid dienone is 3. The predicted molar refractivity (Wildman–Crippen MR) is 55.9 cm³/mol. The van der Waals surface area contributed by atoms with Crippen LogP contribution in [0.2, 0.25) is 0 Å². The minimum Gasteiger partial charge on any atom is -0.255 e. The van der Waals surface area contributed by atoms with Crippen molar-refractivity contribution < 1.29 is 0 Å². The molecule has 1 nitrogen and oxygen atoms in total. The van der Waals surface area contributed by atoms with Crippen LogP contribution in [0.4, 0.5) is 0 Å². The summed E-state index contributed by atoms with van der Waals surface area (Å²) in [5, 5.41) is 0. The molecule has 0 aromatic carbocycles. The number of rotatable bonds is 0. The van der Waals surface area contributed by atoms with Crippen LogP contribution >= 0.6 is 22.6 Å². The molecule has 0 bridgehead atoms. The molecule has 2 aliphatic rings. The van der Waals surface area contributed by atoms with Gasteiger partial charge in [0.15, 0.2) is 0 Å². The van der Waals surface area contributed by atoms with Gasteiger partial charge in [0.05, 0.1) is 3.72 Å². The number of hydrogen-bond acceptors (Lipinski definition) is 1. The normalized spacial score (nSPS) is 34.8. The number of fused-ring (bicyclic) bond motifs is 1. The minimum absolute atomic E-state index is 0.633. The topological polar surface area (TPSA) is 12.4 Å². The van der Waals surface area contributed by atoms with Crippen molar-refractivity contribution in [1.82, 2.24) is 0 Å². The molecule has 0 saturated heterocycles. The summed E-state index contributed by atoms with van der Waals surface area (Å²) in [5.41, 5.74) is 0. The molecule has 0 N–H and O–H groups in total. The van der Waals surface area contributed by atoms with E-state index < -0.39 is 0 Å². The van der Waals surface area contributed by atoms with Gasteiger partial charge in [0.25, 0.3) is 0 Å². The number of halogens is 1. The minimum atomic E-state index is 0.633. The fraction of sp³-hybridized carbons (Fsp3) is 0.444. The van der Waals surface area contributed by atoms with E-state index in [1.54, 1.807) is 0 Å². The Morgan fingerprint density at radius 3 is 3.18 bits per heavy atom. The first-order chi connectivity index (χ1) is 5.38. The van der Waals surface area contributed by atoms with Crippen molar-refractivity contribution in [1.29, 1.82) is 0 Å². The number of hydrogen-bond donors (Lipinski definition) is 0. The Hall–Kier alpha value is -0.120. The Labute approximate surface area is 80.4 Å². The lowest BCUT2D eigenvalue weighted by atomic mass is 9.84. The van der Waals surface area contributed by atoms with Crippen molar-refractivity contribution in [3.05, 3.63) is 24.4 Å². The lowest BCUT2D eigenvalue weighted by Gasteiger charge is -2.26. The monoisotopic (exact) mass is 259 g/mol. The van der Waals surface area contributed by atoms with Crippen LogP contribution in [0.3, 0.4) is 0 Å². The van der Waals surface area contributed by atoms with E-state index in [4.69, 9.17) is 0 Å². The van der Waals surface area contributed by atoms with Crippen molar-refractivity contribution in [3.8, 4) is 0 Å². The second kappa shape index (κ2) is 3.09. The van der Waals surface area contributed by atoms with Crippen LogP contribution in [-0.4, -0.2) is 3.72 Å². The Balaban J connectivity index is 2.27. The fourth-order valence-electron chi connectivity index (χ4n) is 1.64. The Kier molecular flexibility index (Phi) is 2.11. The SMILES string of the molecule is IC1=NC=CC2C=CCCC12. The Morgan fingerprint density at radius 2 is 2.36 bits per heavy atom. The van der Waals surface area contributed by atoms with E-state index in [9.17, 15) is 0 Å². The summed E-state index contributed by atoms with van der Waals surface area (Å²) in [4.78, 5) is 4.30. The zero-order valence-electron chi connectivity index (χ0n) is 6.20. The van der Waals surface area contributed by atoms with Gasteiger partial charge < -0.3 is 0 Å². The molecule has 11 heavy (non-hydrogen) atoms. The van der Waals surface area contributed by atoms with Crippen LogP contribution in [0.1, 0.15) is 12.8 Å². The summed E-state index contributed by atoms with van der Waals surface area (Å²) in [6, 6.07) is 0. The molecule has 2 atom stereocenters. The van der Waals surface area contributed by atoms with Gasteiger partial charge in [-0.1, -0.05) is 18.2 Å². The van der Waals surface area contributed by atoms with Gasteiger partial charge in [0.1, 0.15) is 0 Å². The van der Waals surface area contributed by atoms with Gasteiger partial charge in [0, 0.05) is 18.0 Å². The molecule has 0 amide bonds. The molecule has 2 heteroatoms. The standard InChI is InChI=1S/C9H10IN/c10-9-8-4-2-1-3-7(8)5-6-11-9/h1,3,5-8H,2,4H2. The van der Waals surface area contributed by atoms with E-state index in [-0.39, 0.29) is 0 Å². The van der Waals surface area contributed by atoms with Crippen LogP contribution in [0.25, 0.3) is 0 Å². The molecule has 0 fully saturated rings. The molecule has 0 aromatic rings. The summed E-state index contributed by atoms with van der Waals surface area (Å²) in [5.74, 6) is 1.32. The number of nitrogens with zero attached hydrogens (tertiary/aromatic N) is 1. The predicted octanol–water partition coefficient (Wildman–Crippen LogP) is 2.93. The lowest BCUT2D eigenvalue weighted by Crippen LogP contribution is -2.21. The van der Waals surface area contributed by atoms with E-state index in [2.05, 4.69) is 45.8 Å². The molecule has 0 aromatic heterocycles. The highest BCUT2D eigenvalue weighted by molar-refractivity contribution is 14.1. The van der Waals surface area contributed by atoms with E-state index in [0.29, 0.717) is 11.8 Å². The maximum atomic E-state index is 4.30. The van der Waals surface area contributed by atoms with Crippen molar-refractivity contribution in [2.45, 2.75) is 12.8 Å². The van der Waals surface area contributed by atoms with Gasteiger partial charge in [-0.25, -0.2) is 0 Å². The average Bonchev–Trinajstić information content (AvgIpc) is 2.06. The third-order valence-corrected chi connectivity index (χ3v) is 3.36. The van der Waals surface area contributed by atoms with E-state index >= 15 is 0 Å². The van der Waals surface area contributed by atoms with Crippen molar-refractivity contribution >= 4 is 26.3 Å². The van der Waals surface area contributed by atoms with Crippen LogP contribution in [0, 0.1) is 11.8 Å². The van der Waals surface area contributed by atoms with E-state index in [1.807, 2.05) is 6.20 Å². The van der Waals surface area contributed by atoms with Crippen molar-refractivity contribution in [2.24, 2.45) is 16.8 Å². The largest absolute Gasteiger partial charge is 0.255 e. The van der Waals surface area contributed by atoms with E-state index in [1.165, 1.54) is 16.6 Å². The summed E-state index contributed by atoms with van der Waals surface area (Å²) in [6.07, 6.45) is 11.2. The Morgan fingerprint density at radius 1 is 1.45 bits per heavy atom. The molecule has 0 spiro atoms. The highest BCUT2D eigenvalue weighted by Crippen LogP contribution is 2.31. The first-order valence-corrected chi connectivity index (χ1v) is 5.02. The quantitative estimate of drug-likeness (QED) is 0.468. The molecule has 58 valence electrons. The Bertz CT molecular complexity index is 240. The summed E-state index contributed by atoms with van der Waals surface area (Å²) < 4.78 is 1.28. The highest BCUT2D eigenvalue weighted by atomic mass is 127. The van der Waals surface area contributed by atoms with Crippen LogP contribution in [0.5, 0.6) is 0 Å². The van der Waals surface area contributed by atoms with Crippen molar-refractivity contribution in [3.63, 3.8) is 0 Å². The first-order valence-electron chi connectivity index (χ1n) is 3.94. The van der Waals surface area contributed by atoms with Gasteiger partial charge in [-0.3, -0.25) is 4.99 Å². The average molecular weight is 259 g/mol. The molecular weight excluding hydrogens is 249 g/mol. The molecule has 1 heterocycles. The van der Waals surface area contributed by atoms with E-state index in [0.717, 1.165) is 0 Å². The fourth-order valence-corrected chi connectivity index (χ4v) is 2.53. The van der Waals surface area contributed by atoms with Gasteiger partial charge in [-0.2, -0.15) is 0 Å². The van der Waals surface area contributed by atoms with Crippen LogP contribution in [-0.2, 0) is 0 Å². The molecule has 0 saturated carbocycles. The van der Waals surface area contributed by atoms with Gasteiger partial charge >= 0.3 is 0 Å². The highest BCUT2D eigenvalue weighted by Gasteiger charge is 2.24. The third kappa shape index (κ3) is 1.41. The second-order valence-corrected chi connectivity index (χ2v) is 4.09. The molecular formula is C9H10IN. The maximum absolute atomic E-state index is 4.30.